The van der Waals surface area contributed by atoms with Crippen LogP contribution in [0.2, 0.25) is 0 Å². The summed E-state index contributed by atoms with van der Waals surface area (Å²) in [6.07, 6.45) is 2.64. The number of nitrogens with zero attached hydrogens (tertiary/aromatic N) is 1. The number of hydrogen-bond acceptors (Lipinski definition) is 3. The zero-order valence-electron chi connectivity index (χ0n) is 14.1. The van der Waals surface area contributed by atoms with Crippen molar-refractivity contribution >= 4 is 22.5 Å². The molecule has 0 bridgehead atoms. The Hall–Kier alpha value is -3.15. The number of nitro benzene ring substituents is 1. The minimum Gasteiger partial charge on any atom is -0.361 e. The van der Waals surface area contributed by atoms with Crippen LogP contribution in [0, 0.1) is 24.0 Å². The van der Waals surface area contributed by atoms with Crippen molar-refractivity contribution in [2.45, 2.75) is 20.3 Å². The first-order chi connectivity index (χ1) is 12.0. The lowest BCUT2D eigenvalue weighted by Gasteiger charge is -2.08. The summed E-state index contributed by atoms with van der Waals surface area (Å²) in [4.78, 5) is 26.1. The standard InChI is InChI=1S/C19H19N3O3/c1-12-6-7-17-16(10-12)14(11-21-17)8-9-20-19(23)15-4-3-5-18(13(15)2)22(24)25/h3-7,10-11,21H,8-9H2,1-2H3,(H,20,23). The predicted octanol–water partition coefficient (Wildman–Crippen LogP) is 3.67. The smallest absolute Gasteiger partial charge is 0.273 e. The Balaban J connectivity index is 1.70. The Labute approximate surface area is 145 Å². The molecule has 0 fully saturated rings. The Morgan fingerprint density at radius 3 is 2.80 bits per heavy atom. The van der Waals surface area contributed by atoms with E-state index in [1.54, 1.807) is 13.0 Å². The van der Waals surface area contributed by atoms with Crippen LogP contribution in [0.15, 0.2) is 42.6 Å². The predicted molar refractivity (Wildman–Crippen MR) is 96.9 cm³/mol. The summed E-state index contributed by atoms with van der Waals surface area (Å²) in [6, 6.07) is 10.7. The first-order valence-corrected chi connectivity index (χ1v) is 8.06. The summed E-state index contributed by atoms with van der Waals surface area (Å²) < 4.78 is 0. The normalized spacial score (nSPS) is 10.8. The van der Waals surface area contributed by atoms with Crippen LogP contribution in [0.5, 0.6) is 0 Å². The quantitative estimate of drug-likeness (QED) is 0.550. The molecule has 0 saturated carbocycles. The van der Waals surface area contributed by atoms with Gasteiger partial charge in [-0.05, 0) is 44.0 Å². The minimum absolute atomic E-state index is 0.0419. The molecule has 128 valence electrons. The van der Waals surface area contributed by atoms with E-state index in [1.807, 2.05) is 19.2 Å². The van der Waals surface area contributed by atoms with E-state index in [1.165, 1.54) is 17.7 Å². The topological polar surface area (TPSA) is 88.0 Å². The van der Waals surface area contributed by atoms with Crippen LogP contribution in [-0.4, -0.2) is 22.4 Å². The number of aromatic amines is 1. The molecule has 0 radical (unpaired) electrons. The van der Waals surface area contributed by atoms with Crippen molar-refractivity contribution in [1.29, 1.82) is 0 Å². The number of H-pyrrole nitrogens is 1. The second-order valence-electron chi connectivity index (χ2n) is 6.08. The fourth-order valence-electron chi connectivity index (χ4n) is 2.97. The molecule has 1 aromatic heterocycles. The number of aryl methyl sites for hydroxylation is 1. The van der Waals surface area contributed by atoms with Crippen molar-refractivity contribution in [3.8, 4) is 0 Å². The molecule has 0 atom stereocenters. The average molecular weight is 337 g/mol. The molecule has 6 heteroatoms. The molecule has 0 unspecified atom stereocenters. The number of aromatic nitrogens is 1. The summed E-state index contributed by atoms with van der Waals surface area (Å²) >= 11 is 0. The van der Waals surface area contributed by atoms with Gasteiger partial charge in [0.1, 0.15) is 0 Å². The minimum atomic E-state index is -0.472. The first kappa shape index (κ1) is 16.7. The van der Waals surface area contributed by atoms with Gasteiger partial charge in [0.15, 0.2) is 0 Å². The number of carbonyl (C=O) groups is 1. The van der Waals surface area contributed by atoms with Gasteiger partial charge < -0.3 is 10.3 Å². The molecule has 25 heavy (non-hydrogen) atoms. The number of carbonyl (C=O) groups excluding carboxylic acids is 1. The van der Waals surface area contributed by atoms with Gasteiger partial charge in [0, 0.05) is 40.8 Å². The highest BCUT2D eigenvalue weighted by Gasteiger charge is 2.17. The van der Waals surface area contributed by atoms with Gasteiger partial charge in [0.05, 0.1) is 4.92 Å². The lowest BCUT2D eigenvalue weighted by molar-refractivity contribution is -0.385. The van der Waals surface area contributed by atoms with Crippen molar-refractivity contribution in [2.24, 2.45) is 0 Å². The third-order valence-electron chi connectivity index (χ3n) is 4.35. The van der Waals surface area contributed by atoms with Gasteiger partial charge >= 0.3 is 0 Å². The Morgan fingerprint density at radius 2 is 2.04 bits per heavy atom. The molecule has 0 spiro atoms. The third-order valence-corrected chi connectivity index (χ3v) is 4.35. The molecule has 1 amide bonds. The van der Waals surface area contributed by atoms with Crippen LogP contribution in [0.1, 0.15) is 27.0 Å². The highest BCUT2D eigenvalue weighted by molar-refractivity contribution is 5.96. The van der Waals surface area contributed by atoms with Gasteiger partial charge in [-0.1, -0.05) is 17.7 Å². The molecule has 0 saturated heterocycles. The lowest BCUT2D eigenvalue weighted by Crippen LogP contribution is -2.26. The summed E-state index contributed by atoms with van der Waals surface area (Å²) in [5, 5.41) is 15.0. The summed E-state index contributed by atoms with van der Waals surface area (Å²) in [6.45, 7) is 4.10. The zero-order valence-corrected chi connectivity index (χ0v) is 14.1. The van der Waals surface area contributed by atoms with Crippen LogP contribution in [0.3, 0.4) is 0 Å². The largest absolute Gasteiger partial charge is 0.361 e. The molecule has 2 N–H and O–H groups in total. The van der Waals surface area contributed by atoms with E-state index in [-0.39, 0.29) is 11.6 Å². The number of hydrogen-bond donors (Lipinski definition) is 2. The monoisotopic (exact) mass is 337 g/mol. The fourth-order valence-corrected chi connectivity index (χ4v) is 2.97. The van der Waals surface area contributed by atoms with Crippen molar-refractivity contribution in [2.75, 3.05) is 6.54 Å². The summed E-state index contributed by atoms with van der Waals surface area (Å²) in [7, 11) is 0. The molecule has 1 heterocycles. The molecule has 3 aromatic rings. The van der Waals surface area contributed by atoms with Crippen molar-refractivity contribution in [3.63, 3.8) is 0 Å². The van der Waals surface area contributed by atoms with E-state index in [2.05, 4.69) is 22.4 Å². The van der Waals surface area contributed by atoms with E-state index in [0.717, 1.165) is 16.5 Å². The zero-order chi connectivity index (χ0) is 18.0. The van der Waals surface area contributed by atoms with E-state index >= 15 is 0 Å². The highest BCUT2D eigenvalue weighted by Crippen LogP contribution is 2.22. The average Bonchev–Trinajstić information content (AvgIpc) is 2.97. The van der Waals surface area contributed by atoms with E-state index < -0.39 is 4.92 Å². The van der Waals surface area contributed by atoms with Crippen molar-refractivity contribution < 1.29 is 9.72 Å². The van der Waals surface area contributed by atoms with Crippen LogP contribution in [0.4, 0.5) is 5.69 Å². The molecular weight excluding hydrogens is 318 g/mol. The molecule has 0 aliphatic rings. The van der Waals surface area contributed by atoms with Crippen LogP contribution in [-0.2, 0) is 6.42 Å². The van der Waals surface area contributed by atoms with Gasteiger partial charge in [-0.2, -0.15) is 0 Å². The summed E-state index contributed by atoms with van der Waals surface area (Å²) in [5.74, 6) is -0.294. The van der Waals surface area contributed by atoms with Crippen molar-refractivity contribution in [1.82, 2.24) is 10.3 Å². The fraction of sp³-hybridized carbons (Fsp3) is 0.211. The van der Waals surface area contributed by atoms with Gasteiger partial charge in [0.2, 0.25) is 0 Å². The van der Waals surface area contributed by atoms with Gasteiger partial charge in [-0.15, -0.1) is 0 Å². The number of amides is 1. The van der Waals surface area contributed by atoms with E-state index in [0.29, 0.717) is 24.1 Å². The molecule has 0 aliphatic heterocycles. The maximum atomic E-state index is 12.3. The number of fused-ring (bicyclic) bond motifs is 1. The first-order valence-electron chi connectivity index (χ1n) is 8.06. The second kappa shape index (κ2) is 6.76. The van der Waals surface area contributed by atoms with Crippen LogP contribution in [0.25, 0.3) is 10.9 Å². The maximum Gasteiger partial charge on any atom is 0.273 e. The maximum absolute atomic E-state index is 12.3. The number of nitrogens with one attached hydrogen (secondary N) is 2. The number of rotatable bonds is 5. The van der Waals surface area contributed by atoms with Gasteiger partial charge in [-0.3, -0.25) is 14.9 Å². The lowest BCUT2D eigenvalue weighted by atomic mass is 10.1. The number of benzene rings is 2. The van der Waals surface area contributed by atoms with Crippen LogP contribution < -0.4 is 5.32 Å². The SMILES string of the molecule is Cc1ccc2[nH]cc(CCNC(=O)c3cccc([N+](=O)[O-])c3C)c2c1. The van der Waals surface area contributed by atoms with Gasteiger partial charge in [0.25, 0.3) is 11.6 Å². The van der Waals surface area contributed by atoms with E-state index in [4.69, 9.17) is 0 Å². The number of nitro groups is 1. The Morgan fingerprint density at radius 1 is 1.24 bits per heavy atom. The van der Waals surface area contributed by atoms with Gasteiger partial charge in [-0.25, -0.2) is 0 Å². The second-order valence-corrected chi connectivity index (χ2v) is 6.08. The van der Waals surface area contributed by atoms with E-state index in [9.17, 15) is 14.9 Å². The van der Waals surface area contributed by atoms with Crippen molar-refractivity contribution in [3.05, 3.63) is 75.0 Å². The Kier molecular flexibility index (Phi) is 4.52. The molecule has 0 aliphatic carbocycles. The molecular formula is C19H19N3O3. The Bertz CT molecular complexity index is 960. The van der Waals surface area contributed by atoms with Crippen LogP contribution >= 0.6 is 0 Å². The highest BCUT2D eigenvalue weighted by atomic mass is 16.6. The molecule has 2 aromatic carbocycles. The molecule has 3 rings (SSSR count). The summed E-state index contributed by atoms with van der Waals surface area (Å²) in [5.41, 5.74) is 4.07. The molecule has 6 nitrogen and oxygen atoms in total. The third kappa shape index (κ3) is 3.38.